The third-order valence-electron chi connectivity index (χ3n) is 10.0. The third-order valence-corrected chi connectivity index (χ3v) is 10.0. The molecule has 0 radical (unpaired) electrons. The molecule has 0 aliphatic heterocycles. The van der Waals surface area contributed by atoms with Gasteiger partial charge in [-0.25, -0.2) is 4.79 Å². The van der Waals surface area contributed by atoms with Crippen molar-refractivity contribution in [1.29, 1.82) is 0 Å². The highest BCUT2D eigenvalue weighted by Crippen LogP contribution is 2.65. The molecule has 7 atom stereocenters. The smallest absolute Gasteiger partial charge is 0.326 e. The number of ether oxygens (including phenoxy) is 1. The van der Waals surface area contributed by atoms with Crippen LogP contribution in [0.4, 0.5) is 0 Å². The Hall–Kier alpha value is -2.18. The highest BCUT2D eigenvalue weighted by atomic mass is 16.5. The van der Waals surface area contributed by atoms with Crippen LogP contribution in [0, 0.1) is 34.5 Å². The number of hydrogen-bond acceptors (Lipinski definition) is 5. The number of amides is 1. The quantitative estimate of drug-likeness (QED) is 0.461. The molecular formula is C29H43NO6. The maximum absolute atomic E-state index is 12.7. The number of carboxylic acids is 1. The number of aliphatic carboxylic acids is 1. The lowest BCUT2D eigenvalue weighted by Crippen LogP contribution is -2.51. The number of allylic oxidation sites excluding steroid dienone is 1. The van der Waals surface area contributed by atoms with Crippen molar-refractivity contribution >= 4 is 23.6 Å². The molecule has 36 heavy (non-hydrogen) atoms. The third kappa shape index (κ3) is 5.12. The van der Waals surface area contributed by atoms with E-state index in [2.05, 4.69) is 19.2 Å². The van der Waals surface area contributed by atoms with Gasteiger partial charge in [-0.3, -0.25) is 14.4 Å². The first kappa shape index (κ1) is 26.9. The van der Waals surface area contributed by atoms with Crippen molar-refractivity contribution in [2.75, 3.05) is 0 Å². The Labute approximate surface area is 214 Å². The van der Waals surface area contributed by atoms with Crippen molar-refractivity contribution in [3.63, 3.8) is 0 Å². The SMILES string of the molecule is CC(C)C[C@H](NC(=O)CCC(=O)O[C@@H]1CC[C@H]2[C@@H]3CCC4=CC(=O)CC[C@]4(C)[C@H]3CC[C@]12C)C(=O)O. The minimum atomic E-state index is -1.06. The van der Waals surface area contributed by atoms with Gasteiger partial charge in [-0.05, 0) is 86.5 Å². The topological polar surface area (TPSA) is 110 Å². The van der Waals surface area contributed by atoms with Crippen LogP contribution in [-0.2, 0) is 23.9 Å². The molecule has 7 heteroatoms. The van der Waals surface area contributed by atoms with Crippen LogP contribution in [0.2, 0.25) is 0 Å². The van der Waals surface area contributed by atoms with Crippen LogP contribution in [0.5, 0.6) is 0 Å². The molecule has 0 unspecified atom stereocenters. The first-order valence-electron chi connectivity index (χ1n) is 13.9. The monoisotopic (exact) mass is 501 g/mol. The lowest BCUT2D eigenvalue weighted by Gasteiger charge is -2.57. The highest BCUT2D eigenvalue weighted by Gasteiger charge is 2.59. The van der Waals surface area contributed by atoms with E-state index in [-0.39, 0.29) is 47.4 Å². The van der Waals surface area contributed by atoms with Crippen LogP contribution >= 0.6 is 0 Å². The van der Waals surface area contributed by atoms with Gasteiger partial charge in [0.2, 0.25) is 5.91 Å². The number of hydrogen-bond donors (Lipinski definition) is 2. The van der Waals surface area contributed by atoms with E-state index in [0.717, 1.165) is 44.9 Å². The van der Waals surface area contributed by atoms with Gasteiger partial charge in [-0.2, -0.15) is 0 Å². The van der Waals surface area contributed by atoms with E-state index >= 15 is 0 Å². The summed E-state index contributed by atoms with van der Waals surface area (Å²) in [4.78, 5) is 48.4. The Morgan fingerprint density at radius 3 is 2.50 bits per heavy atom. The van der Waals surface area contributed by atoms with E-state index in [9.17, 15) is 24.3 Å². The number of carbonyl (C=O) groups excluding carboxylic acids is 3. The fourth-order valence-electron chi connectivity index (χ4n) is 8.10. The summed E-state index contributed by atoms with van der Waals surface area (Å²) in [5.41, 5.74) is 1.44. The number of carbonyl (C=O) groups is 4. The summed E-state index contributed by atoms with van der Waals surface area (Å²) in [6.07, 6.45) is 9.81. The van der Waals surface area contributed by atoms with Gasteiger partial charge in [0.1, 0.15) is 12.1 Å². The molecule has 0 heterocycles. The molecule has 4 rings (SSSR count). The van der Waals surface area contributed by atoms with Crippen LogP contribution < -0.4 is 5.32 Å². The molecule has 200 valence electrons. The van der Waals surface area contributed by atoms with Crippen molar-refractivity contribution in [3.05, 3.63) is 11.6 Å². The normalized spacial score (nSPS) is 36.2. The second kappa shape index (κ2) is 10.3. The van der Waals surface area contributed by atoms with Crippen LogP contribution in [0.1, 0.15) is 98.3 Å². The van der Waals surface area contributed by atoms with Crippen LogP contribution in [-0.4, -0.2) is 40.9 Å². The first-order chi connectivity index (χ1) is 16.9. The Bertz CT molecular complexity index is 940. The molecule has 3 saturated carbocycles. The maximum Gasteiger partial charge on any atom is 0.326 e. The van der Waals surface area contributed by atoms with Crippen molar-refractivity contribution in [2.45, 2.75) is 110 Å². The molecule has 0 bridgehead atoms. The average Bonchev–Trinajstić information content (AvgIpc) is 3.13. The lowest BCUT2D eigenvalue weighted by molar-refractivity contribution is -0.160. The summed E-state index contributed by atoms with van der Waals surface area (Å²) >= 11 is 0. The number of ketones is 1. The van der Waals surface area contributed by atoms with E-state index in [0.29, 0.717) is 30.6 Å². The van der Waals surface area contributed by atoms with E-state index in [1.54, 1.807) is 0 Å². The van der Waals surface area contributed by atoms with Crippen molar-refractivity contribution in [1.82, 2.24) is 5.32 Å². The minimum absolute atomic E-state index is 0.0383. The molecule has 0 saturated heterocycles. The minimum Gasteiger partial charge on any atom is -0.480 e. The molecule has 3 fully saturated rings. The summed E-state index contributed by atoms with van der Waals surface area (Å²) in [7, 11) is 0. The molecule has 1 amide bonds. The van der Waals surface area contributed by atoms with Gasteiger partial charge in [0, 0.05) is 18.3 Å². The molecule has 0 aromatic rings. The standard InChI is InChI=1S/C29H43NO6/c1-17(2)15-23(27(34)35)30-25(32)9-10-26(33)36-24-8-7-21-20-6-5-18-16-19(31)11-13-28(18,3)22(20)12-14-29(21,24)4/h16-17,20-24H,5-15H2,1-4H3,(H,30,32)(H,34,35)/t20-,21-,22-,23-,24+,28-,29-/m0/s1. The summed E-state index contributed by atoms with van der Waals surface area (Å²) in [5.74, 6) is 0.263. The molecule has 7 nitrogen and oxygen atoms in total. The van der Waals surface area contributed by atoms with Crippen LogP contribution in [0.25, 0.3) is 0 Å². The molecule has 2 N–H and O–H groups in total. The summed E-state index contributed by atoms with van der Waals surface area (Å²) < 4.78 is 5.99. The number of nitrogens with one attached hydrogen (secondary N) is 1. The van der Waals surface area contributed by atoms with Crippen LogP contribution in [0.3, 0.4) is 0 Å². The second-order valence-electron chi connectivity index (χ2n) is 12.7. The number of fused-ring (bicyclic) bond motifs is 5. The van der Waals surface area contributed by atoms with Crippen molar-refractivity contribution < 1.29 is 29.0 Å². The van der Waals surface area contributed by atoms with E-state index in [4.69, 9.17) is 4.74 Å². The van der Waals surface area contributed by atoms with E-state index in [1.807, 2.05) is 19.9 Å². The fraction of sp³-hybridized carbons (Fsp3) is 0.793. The maximum atomic E-state index is 12.7. The largest absolute Gasteiger partial charge is 0.480 e. The van der Waals surface area contributed by atoms with Gasteiger partial charge < -0.3 is 15.2 Å². The summed E-state index contributed by atoms with van der Waals surface area (Å²) in [6, 6.07) is -0.937. The zero-order chi connectivity index (χ0) is 26.3. The van der Waals surface area contributed by atoms with Crippen molar-refractivity contribution in [3.8, 4) is 0 Å². The van der Waals surface area contributed by atoms with Gasteiger partial charge in [0.25, 0.3) is 0 Å². The molecular weight excluding hydrogens is 458 g/mol. The Balaban J connectivity index is 1.33. The van der Waals surface area contributed by atoms with Gasteiger partial charge >= 0.3 is 11.9 Å². The van der Waals surface area contributed by atoms with Gasteiger partial charge in [0.05, 0.1) is 6.42 Å². The number of rotatable bonds is 8. The van der Waals surface area contributed by atoms with Gasteiger partial charge in [-0.15, -0.1) is 0 Å². The summed E-state index contributed by atoms with van der Waals surface area (Å²) in [5, 5.41) is 11.9. The average molecular weight is 502 g/mol. The molecule has 0 aromatic heterocycles. The molecule has 0 spiro atoms. The zero-order valence-corrected chi connectivity index (χ0v) is 22.3. The van der Waals surface area contributed by atoms with Gasteiger partial charge in [-0.1, -0.05) is 33.3 Å². The molecule has 0 aromatic carbocycles. The number of carboxylic acid groups (broad SMARTS) is 1. The fourth-order valence-corrected chi connectivity index (χ4v) is 8.10. The van der Waals surface area contributed by atoms with E-state index < -0.39 is 17.9 Å². The highest BCUT2D eigenvalue weighted by molar-refractivity contribution is 5.91. The van der Waals surface area contributed by atoms with Crippen molar-refractivity contribution in [2.24, 2.45) is 34.5 Å². The predicted octanol–water partition coefficient (Wildman–Crippen LogP) is 4.83. The predicted molar refractivity (Wildman–Crippen MR) is 135 cm³/mol. The molecule has 4 aliphatic rings. The Morgan fingerprint density at radius 1 is 1.06 bits per heavy atom. The Morgan fingerprint density at radius 2 is 1.81 bits per heavy atom. The van der Waals surface area contributed by atoms with Gasteiger partial charge in [0.15, 0.2) is 5.78 Å². The molecule has 4 aliphatic carbocycles. The van der Waals surface area contributed by atoms with Crippen LogP contribution in [0.15, 0.2) is 11.6 Å². The zero-order valence-electron chi connectivity index (χ0n) is 22.3. The lowest BCUT2D eigenvalue weighted by atomic mass is 9.47. The second-order valence-corrected chi connectivity index (χ2v) is 12.7. The summed E-state index contributed by atoms with van der Waals surface area (Å²) in [6.45, 7) is 8.47. The number of esters is 1. The Kier molecular flexibility index (Phi) is 7.68. The first-order valence-corrected chi connectivity index (χ1v) is 13.9. The van der Waals surface area contributed by atoms with E-state index in [1.165, 1.54) is 5.57 Å².